The highest BCUT2D eigenvalue weighted by molar-refractivity contribution is 6.11. The van der Waals surface area contributed by atoms with Gasteiger partial charge in [-0.25, -0.2) is 0 Å². The lowest BCUT2D eigenvalue weighted by molar-refractivity contribution is -0.121. The maximum atomic E-state index is 12.5. The summed E-state index contributed by atoms with van der Waals surface area (Å²) >= 11 is 0. The Morgan fingerprint density at radius 1 is 1.08 bits per heavy atom. The number of carbonyl (C=O) groups excluding carboxylic acids is 1. The number of likely N-dealkylation sites (tertiary alicyclic amines) is 1. The number of piperidine rings is 1. The van der Waals surface area contributed by atoms with Crippen molar-refractivity contribution in [3.05, 3.63) is 46.7 Å². The van der Waals surface area contributed by atoms with Gasteiger partial charge in [0.1, 0.15) is 0 Å². The monoisotopic (exact) mass is 340 g/mol. The molecule has 1 aromatic carbocycles. The van der Waals surface area contributed by atoms with Crippen molar-refractivity contribution in [1.82, 2.24) is 4.90 Å². The van der Waals surface area contributed by atoms with Crippen LogP contribution in [0, 0.1) is 5.41 Å². The number of allylic oxidation sites excluding steroid dienone is 2. The number of amides is 1. The first-order chi connectivity index (χ1) is 11.2. The molecule has 1 fully saturated rings. The third kappa shape index (κ3) is 3.96. The molecule has 0 aliphatic carbocycles. The van der Waals surface area contributed by atoms with Crippen LogP contribution in [0.3, 0.4) is 0 Å². The minimum atomic E-state index is -4.89. The van der Waals surface area contributed by atoms with E-state index in [0.29, 0.717) is 18.7 Å². The van der Waals surface area contributed by atoms with Crippen LogP contribution in [0.4, 0.5) is 13.2 Å². The maximum Gasteiger partial charge on any atom is 0.449 e. The van der Waals surface area contributed by atoms with Crippen LogP contribution in [0.1, 0.15) is 42.1 Å². The van der Waals surface area contributed by atoms with E-state index in [-0.39, 0.29) is 11.5 Å². The average molecular weight is 340 g/mol. The van der Waals surface area contributed by atoms with Crippen molar-refractivity contribution in [2.75, 3.05) is 13.1 Å². The molecule has 130 valence electrons. The molecule has 1 aromatic rings. The van der Waals surface area contributed by atoms with Crippen molar-refractivity contribution in [2.45, 2.75) is 32.4 Å². The summed E-state index contributed by atoms with van der Waals surface area (Å²) in [4.78, 5) is 14.1. The predicted octanol–water partition coefficient (Wildman–Crippen LogP) is 4.07. The fraction of sp³-hybridized carbons (Fsp3) is 0.412. The quantitative estimate of drug-likeness (QED) is 0.643. The van der Waals surface area contributed by atoms with Crippen LogP contribution < -0.4 is 0 Å². The summed E-state index contributed by atoms with van der Waals surface area (Å²) in [5.41, 5.74) is -0.340. The molecule has 24 heavy (non-hydrogen) atoms. The van der Waals surface area contributed by atoms with E-state index in [2.05, 4.69) is 0 Å². The second-order valence-corrected chi connectivity index (χ2v) is 5.78. The number of nitrogens with zero attached hydrogens (tertiary/aromatic N) is 1. The zero-order valence-corrected chi connectivity index (χ0v) is 13.3. The molecule has 0 aromatic heterocycles. The van der Waals surface area contributed by atoms with Crippen molar-refractivity contribution < 1.29 is 23.1 Å². The molecule has 7 heteroatoms. The summed E-state index contributed by atoms with van der Waals surface area (Å²) in [5.74, 6) is -1.89. The minimum absolute atomic E-state index is 0.113. The standard InChI is InChI=1S/C17H19F3N2O2/c1-11(15(23)17(18,19)20)14(21)12-5-7-13(8-6-12)16(24)22-9-3-2-4-10-22/h5-8,21,23H,2-4,9-10H2,1H3/b15-11-,21-14?. The number of hydrogen-bond donors (Lipinski definition) is 2. The van der Waals surface area contributed by atoms with Gasteiger partial charge in [-0.15, -0.1) is 0 Å². The summed E-state index contributed by atoms with van der Waals surface area (Å²) in [7, 11) is 0. The number of halogens is 3. The van der Waals surface area contributed by atoms with Gasteiger partial charge in [-0.05, 0) is 43.9 Å². The van der Waals surface area contributed by atoms with Gasteiger partial charge in [-0.1, -0.05) is 12.1 Å². The van der Waals surface area contributed by atoms with Crippen LogP contribution >= 0.6 is 0 Å². The SMILES string of the molecule is C/C(C(=N)c1ccc(C(=O)N2CCCCC2)cc1)=C(/O)C(F)(F)F. The lowest BCUT2D eigenvalue weighted by Gasteiger charge is -2.26. The van der Waals surface area contributed by atoms with Gasteiger partial charge in [0.15, 0.2) is 0 Å². The highest BCUT2D eigenvalue weighted by atomic mass is 19.4. The molecular formula is C17H19F3N2O2. The van der Waals surface area contributed by atoms with E-state index in [9.17, 15) is 18.0 Å². The van der Waals surface area contributed by atoms with Crippen LogP contribution in [-0.2, 0) is 0 Å². The Morgan fingerprint density at radius 3 is 2.08 bits per heavy atom. The zero-order valence-electron chi connectivity index (χ0n) is 13.3. The number of nitrogens with one attached hydrogen (secondary N) is 1. The normalized spacial score (nSPS) is 16.6. The summed E-state index contributed by atoms with van der Waals surface area (Å²) in [5, 5.41) is 17.0. The fourth-order valence-electron chi connectivity index (χ4n) is 2.61. The highest BCUT2D eigenvalue weighted by Crippen LogP contribution is 2.27. The number of hydrogen-bond acceptors (Lipinski definition) is 3. The molecule has 0 saturated carbocycles. The average Bonchev–Trinajstić information content (AvgIpc) is 2.59. The Balaban J connectivity index is 2.17. The first kappa shape index (κ1) is 18.0. The Labute approximate surface area is 138 Å². The van der Waals surface area contributed by atoms with Crippen molar-refractivity contribution in [2.24, 2.45) is 0 Å². The van der Waals surface area contributed by atoms with Crippen molar-refractivity contribution in [3.8, 4) is 0 Å². The molecule has 0 radical (unpaired) electrons. The van der Waals surface area contributed by atoms with Gasteiger partial charge in [-0.2, -0.15) is 13.2 Å². The molecule has 4 nitrogen and oxygen atoms in total. The van der Waals surface area contributed by atoms with Gasteiger partial charge >= 0.3 is 6.18 Å². The second kappa shape index (κ2) is 7.07. The fourth-order valence-corrected chi connectivity index (χ4v) is 2.61. The highest BCUT2D eigenvalue weighted by Gasteiger charge is 2.36. The van der Waals surface area contributed by atoms with Crippen LogP contribution in [0.25, 0.3) is 0 Å². The molecule has 1 aliphatic rings. The van der Waals surface area contributed by atoms with Gasteiger partial charge < -0.3 is 10.0 Å². The van der Waals surface area contributed by atoms with Crippen LogP contribution in [0.5, 0.6) is 0 Å². The van der Waals surface area contributed by atoms with Gasteiger partial charge in [0, 0.05) is 24.2 Å². The summed E-state index contributed by atoms with van der Waals surface area (Å²) < 4.78 is 37.5. The second-order valence-electron chi connectivity index (χ2n) is 5.78. The number of benzene rings is 1. The van der Waals surface area contributed by atoms with Gasteiger partial charge in [-0.3, -0.25) is 10.2 Å². The molecule has 1 saturated heterocycles. The van der Waals surface area contributed by atoms with E-state index in [4.69, 9.17) is 10.5 Å². The van der Waals surface area contributed by atoms with E-state index in [0.717, 1.165) is 26.2 Å². The first-order valence-corrected chi connectivity index (χ1v) is 7.67. The lowest BCUT2D eigenvalue weighted by atomic mass is 10.0. The molecule has 0 unspecified atom stereocenters. The van der Waals surface area contributed by atoms with Gasteiger partial charge in [0.2, 0.25) is 5.76 Å². The third-order valence-electron chi connectivity index (χ3n) is 4.06. The zero-order chi connectivity index (χ0) is 17.9. The summed E-state index contributed by atoms with van der Waals surface area (Å²) in [6.45, 7) is 2.45. The molecule has 1 aliphatic heterocycles. The summed E-state index contributed by atoms with van der Waals surface area (Å²) in [6.07, 6.45) is -1.85. The van der Waals surface area contributed by atoms with Crippen LogP contribution in [-0.4, -0.2) is 40.9 Å². The molecule has 2 rings (SSSR count). The van der Waals surface area contributed by atoms with Crippen molar-refractivity contribution >= 4 is 11.6 Å². The predicted molar refractivity (Wildman–Crippen MR) is 84.4 cm³/mol. The maximum absolute atomic E-state index is 12.5. The van der Waals surface area contributed by atoms with E-state index >= 15 is 0 Å². The Bertz CT molecular complexity index is 657. The summed E-state index contributed by atoms with van der Waals surface area (Å²) in [6, 6.07) is 5.84. The molecule has 0 bridgehead atoms. The molecule has 0 atom stereocenters. The van der Waals surface area contributed by atoms with Crippen LogP contribution in [0.15, 0.2) is 35.6 Å². The molecule has 2 N–H and O–H groups in total. The van der Waals surface area contributed by atoms with Crippen molar-refractivity contribution in [3.63, 3.8) is 0 Å². The Kier molecular flexibility index (Phi) is 5.31. The largest absolute Gasteiger partial charge is 0.504 e. The van der Waals surface area contributed by atoms with Crippen molar-refractivity contribution in [1.29, 1.82) is 5.41 Å². The lowest BCUT2D eigenvalue weighted by Crippen LogP contribution is -2.35. The smallest absolute Gasteiger partial charge is 0.449 e. The Hall–Kier alpha value is -2.31. The van der Waals surface area contributed by atoms with Gasteiger partial charge in [0.25, 0.3) is 5.91 Å². The molecular weight excluding hydrogens is 321 g/mol. The van der Waals surface area contributed by atoms with E-state index in [1.54, 1.807) is 4.90 Å². The number of alkyl halides is 3. The van der Waals surface area contributed by atoms with E-state index < -0.39 is 23.2 Å². The minimum Gasteiger partial charge on any atom is -0.504 e. The van der Waals surface area contributed by atoms with E-state index in [1.165, 1.54) is 24.3 Å². The molecule has 0 spiro atoms. The number of carbonyl (C=O) groups is 1. The first-order valence-electron chi connectivity index (χ1n) is 7.67. The third-order valence-corrected chi connectivity index (χ3v) is 4.06. The number of rotatable bonds is 3. The molecule has 1 amide bonds. The molecule has 1 heterocycles. The van der Waals surface area contributed by atoms with E-state index in [1.807, 2.05) is 0 Å². The topological polar surface area (TPSA) is 64.4 Å². The van der Waals surface area contributed by atoms with Crippen LogP contribution in [0.2, 0.25) is 0 Å². The number of aliphatic hydroxyl groups excluding tert-OH is 1. The van der Waals surface area contributed by atoms with Gasteiger partial charge in [0.05, 0.1) is 5.71 Å². The number of aliphatic hydroxyl groups is 1. The Morgan fingerprint density at radius 2 is 1.58 bits per heavy atom.